The molecular weight excluding hydrogens is 369 g/mol. The van der Waals surface area contributed by atoms with Crippen LogP contribution in [0.3, 0.4) is 0 Å². The van der Waals surface area contributed by atoms with E-state index < -0.39 is 0 Å². The summed E-state index contributed by atoms with van der Waals surface area (Å²) in [5.74, 6) is 0.717. The Morgan fingerprint density at radius 3 is 2.54 bits per heavy atom. The molecule has 0 radical (unpaired) electrons. The molecule has 2 rings (SSSR count). The van der Waals surface area contributed by atoms with Crippen molar-refractivity contribution in [2.24, 2.45) is 0 Å². The average Bonchev–Trinajstić information content (AvgIpc) is 3.02. The lowest BCUT2D eigenvalue weighted by Crippen LogP contribution is -2.26. The number of hydrogen-bond donors (Lipinski definition) is 2. The maximum atomic E-state index is 12.0. The molecule has 0 aliphatic carbocycles. The third kappa shape index (κ3) is 6.65. The number of carbonyl (C=O) groups is 1. The molecule has 0 spiro atoms. The first-order valence-corrected chi connectivity index (χ1v) is 8.24. The molecule has 1 amide bonds. The van der Waals surface area contributed by atoms with Gasteiger partial charge in [0.2, 0.25) is 0 Å². The van der Waals surface area contributed by atoms with Crippen LogP contribution in [-0.4, -0.2) is 37.6 Å². The summed E-state index contributed by atoms with van der Waals surface area (Å²) in [5, 5.41) is 8.54. The van der Waals surface area contributed by atoms with Gasteiger partial charge in [0, 0.05) is 17.5 Å². The van der Waals surface area contributed by atoms with Gasteiger partial charge >= 0.3 is 0 Å². The SMILES string of the molecule is CCOc1ccc(-c2nc(C(=O)NCCCNC)cs2)cc1.Cl.Cl. The van der Waals surface area contributed by atoms with Crippen molar-refractivity contribution >= 4 is 42.1 Å². The van der Waals surface area contributed by atoms with Gasteiger partial charge in [0.1, 0.15) is 16.5 Å². The van der Waals surface area contributed by atoms with Crippen molar-refractivity contribution in [3.05, 3.63) is 35.3 Å². The van der Waals surface area contributed by atoms with Crippen LogP contribution in [0.15, 0.2) is 29.6 Å². The van der Waals surface area contributed by atoms with Gasteiger partial charge in [0.05, 0.1) is 6.61 Å². The normalized spacial score (nSPS) is 9.58. The zero-order valence-electron chi connectivity index (χ0n) is 13.7. The minimum Gasteiger partial charge on any atom is -0.494 e. The van der Waals surface area contributed by atoms with Crippen LogP contribution >= 0.6 is 36.2 Å². The van der Waals surface area contributed by atoms with E-state index in [1.54, 1.807) is 5.38 Å². The van der Waals surface area contributed by atoms with Gasteiger partial charge in [-0.2, -0.15) is 0 Å². The van der Waals surface area contributed by atoms with Gasteiger partial charge in [-0.15, -0.1) is 36.2 Å². The van der Waals surface area contributed by atoms with Crippen molar-refractivity contribution in [2.75, 3.05) is 26.7 Å². The molecule has 24 heavy (non-hydrogen) atoms. The third-order valence-corrected chi connectivity index (χ3v) is 3.93. The minimum absolute atomic E-state index is 0. The quantitative estimate of drug-likeness (QED) is 0.676. The van der Waals surface area contributed by atoms with E-state index in [1.807, 2.05) is 38.2 Å². The number of carbonyl (C=O) groups excluding carboxylic acids is 1. The summed E-state index contributed by atoms with van der Waals surface area (Å²) < 4.78 is 5.42. The molecule has 1 aromatic heterocycles. The van der Waals surface area contributed by atoms with Gasteiger partial charge in [0.25, 0.3) is 5.91 Å². The number of ether oxygens (including phenoxy) is 1. The van der Waals surface area contributed by atoms with Crippen LogP contribution in [0.4, 0.5) is 0 Å². The van der Waals surface area contributed by atoms with E-state index in [1.165, 1.54) is 11.3 Å². The Hall–Kier alpha value is -1.34. The Morgan fingerprint density at radius 2 is 1.92 bits per heavy atom. The summed E-state index contributed by atoms with van der Waals surface area (Å²) in [6, 6.07) is 7.74. The molecule has 2 aromatic rings. The largest absolute Gasteiger partial charge is 0.494 e. The summed E-state index contributed by atoms with van der Waals surface area (Å²) in [6.45, 7) is 4.13. The third-order valence-electron chi connectivity index (χ3n) is 3.04. The van der Waals surface area contributed by atoms with Gasteiger partial charge in [-0.05, 0) is 51.2 Å². The number of hydrogen-bond acceptors (Lipinski definition) is 5. The molecule has 2 N–H and O–H groups in total. The van der Waals surface area contributed by atoms with Crippen molar-refractivity contribution in [1.29, 1.82) is 0 Å². The summed E-state index contributed by atoms with van der Waals surface area (Å²) in [4.78, 5) is 16.4. The summed E-state index contributed by atoms with van der Waals surface area (Å²) >= 11 is 1.47. The lowest BCUT2D eigenvalue weighted by molar-refractivity contribution is 0.0949. The second kappa shape index (κ2) is 12.1. The number of rotatable bonds is 8. The Balaban J connectivity index is 0.00000264. The first kappa shape index (κ1) is 22.7. The number of aromatic nitrogens is 1. The highest BCUT2D eigenvalue weighted by Gasteiger charge is 2.11. The molecule has 0 aliphatic rings. The summed E-state index contributed by atoms with van der Waals surface area (Å²) in [7, 11) is 1.89. The topological polar surface area (TPSA) is 63.2 Å². The van der Waals surface area contributed by atoms with Crippen LogP contribution in [0.5, 0.6) is 5.75 Å². The maximum Gasteiger partial charge on any atom is 0.270 e. The minimum atomic E-state index is -0.121. The van der Waals surface area contributed by atoms with Gasteiger partial charge in [-0.1, -0.05) is 0 Å². The standard InChI is InChI=1S/C16H21N3O2S.2ClH/c1-3-21-13-7-5-12(6-8-13)16-19-14(11-22-16)15(20)18-10-4-9-17-2;;/h5-8,11,17H,3-4,9-10H2,1-2H3,(H,18,20);2*1H. The lowest BCUT2D eigenvalue weighted by atomic mass is 10.2. The molecule has 0 aliphatic heterocycles. The smallest absolute Gasteiger partial charge is 0.270 e. The molecule has 0 saturated carbocycles. The number of amides is 1. The molecule has 0 bridgehead atoms. The molecule has 5 nitrogen and oxygen atoms in total. The highest BCUT2D eigenvalue weighted by Crippen LogP contribution is 2.25. The molecular formula is C16H23Cl2N3O2S. The van der Waals surface area contributed by atoms with Gasteiger partial charge in [-0.3, -0.25) is 4.79 Å². The van der Waals surface area contributed by atoms with E-state index in [0.29, 0.717) is 18.8 Å². The molecule has 0 saturated heterocycles. The van der Waals surface area contributed by atoms with Gasteiger partial charge in [-0.25, -0.2) is 4.98 Å². The number of thiazole rings is 1. The van der Waals surface area contributed by atoms with Crippen LogP contribution in [0.2, 0.25) is 0 Å². The van der Waals surface area contributed by atoms with Crippen LogP contribution in [0, 0.1) is 0 Å². The van der Waals surface area contributed by atoms with Gasteiger partial charge < -0.3 is 15.4 Å². The highest BCUT2D eigenvalue weighted by molar-refractivity contribution is 7.13. The summed E-state index contributed by atoms with van der Waals surface area (Å²) in [6.07, 6.45) is 0.901. The number of benzene rings is 1. The fraction of sp³-hybridized carbons (Fsp3) is 0.375. The number of nitrogens with one attached hydrogen (secondary N) is 2. The second-order valence-corrected chi connectivity index (χ2v) is 5.57. The Kier molecular flexibility index (Phi) is 11.4. The number of nitrogens with zero attached hydrogens (tertiary/aromatic N) is 1. The summed E-state index contributed by atoms with van der Waals surface area (Å²) in [5.41, 5.74) is 1.46. The molecule has 1 aromatic carbocycles. The van der Waals surface area contributed by atoms with E-state index >= 15 is 0 Å². The van der Waals surface area contributed by atoms with Crippen molar-refractivity contribution in [3.63, 3.8) is 0 Å². The van der Waals surface area contributed by atoms with E-state index in [9.17, 15) is 4.79 Å². The maximum absolute atomic E-state index is 12.0. The predicted molar refractivity (Wildman–Crippen MR) is 104 cm³/mol. The average molecular weight is 392 g/mol. The number of halogens is 2. The molecule has 134 valence electrons. The van der Waals surface area contributed by atoms with Crippen molar-refractivity contribution in [2.45, 2.75) is 13.3 Å². The second-order valence-electron chi connectivity index (χ2n) is 4.71. The van der Waals surface area contributed by atoms with E-state index in [-0.39, 0.29) is 30.7 Å². The van der Waals surface area contributed by atoms with E-state index in [0.717, 1.165) is 29.3 Å². The van der Waals surface area contributed by atoms with Crippen molar-refractivity contribution in [1.82, 2.24) is 15.6 Å². The fourth-order valence-electron chi connectivity index (χ4n) is 1.93. The van der Waals surface area contributed by atoms with Crippen molar-refractivity contribution in [3.8, 4) is 16.3 Å². The van der Waals surface area contributed by atoms with E-state index in [4.69, 9.17) is 4.74 Å². The Labute approximate surface area is 159 Å². The molecule has 0 atom stereocenters. The zero-order chi connectivity index (χ0) is 15.8. The fourth-order valence-corrected chi connectivity index (χ4v) is 2.73. The Morgan fingerprint density at radius 1 is 1.21 bits per heavy atom. The monoisotopic (exact) mass is 391 g/mol. The molecule has 0 unspecified atom stereocenters. The zero-order valence-corrected chi connectivity index (χ0v) is 16.2. The molecule has 1 heterocycles. The van der Waals surface area contributed by atoms with Crippen LogP contribution in [-0.2, 0) is 0 Å². The highest BCUT2D eigenvalue weighted by atomic mass is 35.5. The Bertz CT molecular complexity index is 606. The van der Waals surface area contributed by atoms with Crippen molar-refractivity contribution < 1.29 is 9.53 Å². The van der Waals surface area contributed by atoms with E-state index in [2.05, 4.69) is 15.6 Å². The van der Waals surface area contributed by atoms with Crippen LogP contribution in [0.1, 0.15) is 23.8 Å². The first-order valence-electron chi connectivity index (χ1n) is 7.36. The molecule has 0 fully saturated rings. The lowest BCUT2D eigenvalue weighted by Gasteiger charge is -2.03. The molecule has 8 heteroatoms. The van der Waals surface area contributed by atoms with Crippen LogP contribution < -0.4 is 15.4 Å². The van der Waals surface area contributed by atoms with Gasteiger partial charge in [0.15, 0.2) is 0 Å². The first-order chi connectivity index (χ1) is 10.7. The predicted octanol–water partition coefficient (Wildman–Crippen LogP) is 3.39. The van der Waals surface area contributed by atoms with Crippen LogP contribution in [0.25, 0.3) is 10.6 Å².